The highest BCUT2D eigenvalue weighted by Crippen LogP contribution is 2.32. The van der Waals surface area contributed by atoms with Gasteiger partial charge in [-0.3, -0.25) is 4.79 Å². The first-order valence-electron chi connectivity index (χ1n) is 9.86. The van der Waals surface area contributed by atoms with Crippen molar-refractivity contribution in [3.8, 4) is 5.75 Å². The molecule has 0 aliphatic carbocycles. The molecule has 1 aromatic carbocycles. The molecule has 9 nitrogen and oxygen atoms in total. The molecular weight excluding hydrogens is 400 g/mol. The van der Waals surface area contributed by atoms with Crippen LogP contribution < -0.4 is 15.4 Å². The van der Waals surface area contributed by atoms with E-state index in [0.717, 1.165) is 0 Å². The number of hydrogen-bond donors (Lipinski definition) is 3. The number of amides is 1. The van der Waals surface area contributed by atoms with Crippen molar-refractivity contribution in [2.75, 3.05) is 31.0 Å². The number of aliphatic hydroxyl groups excluding tert-OH is 1. The van der Waals surface area contributed by atoms with Crippen LogP contribution in [-0.2, 0) is 16.6 Å². The normalized spacial score (nSPS) is 11.7. The molecule has 1 amide bonds. The lowest BCUT2D eigenvalue weighted by atomic mass is 10.2. The van der Waals surface area contributed by atoms with Gasteiger partial charge in [0.2, 0.25) is 0 Å². The number of aromatic nitrogens is 2. The van der Waals surface area contributed by atoms with Gasteiger partial charge in [-0.15, -0.1) is 0 Å². The number of fused-ring (bicyclic) bond motifs is 1. The van der Waals surface area contributed by atoms with Crippen LogP contribution in [-0.4, -0.2) is 52.9 Å². The standard InChI is InChI=1S/C22H26N4O5/c1-14(9-10-27)24-15-11-17-19(20(22(29)30-3)26(2)21(17)23-12-15)25-18(28)13-31-16-7-5-4-6-8-16/h4-8,11-12,14,24,27H,9-10,13H2,1-3H3,(H,25,28)/t14-/m1/s1. The molecule has 3 N–H and O–H groups in total. The van der Waals surface area contributed by atoms with Crippen molar-refractivity contribution >= 4 is 34.3 Å². The minimum atomic E-state index is -0.595. The molecular formula is C22H26N4O5. The fourth-order valence-corrected chi connectivity index (χ4v) is 3.24. The molecule has 2 aromatic heterocycles. The summed E-state index contributed by atoms with van der Waals surface area (Å²) in [7, 11) is 2.96. The van der Waals surface area contributed by atoms with Crippen LogP contribution in [0.5, 0.6) is 5.75 Å². The highest BCUT2D eigenvalue weighted by atomic mass is 16.5. The predicted molar refractivity (Wildman–Crippen MR) is 117 cm³/mol. The number of nitrogens with zero attached hydrogens (tertiary/aromatic N) is 2. The average Bonchev–Trinajstić information content (AvgIpc) is 3.03. The maximum absolute atomic E-state index is 12.6. The number of esters is 1. The second-order valence-electron chi connectivity index (χ2n) is 7.08. The number of benzene rings is 1. The average molecular weight is 426 g/mol. The van der Waals surface area contributed by atoms with E-state index < -0.39 is 11.9 Å². The van der Waals surface area contributed by atoms with Gasteiger partial charge in [0.05, 0.1) is 24.7 Å². The molecule has 0 bridgehead atoms. The van der Waals surface area contributed by atoms with Crippen LogP contribution in [0.15, 0.2) is 42.6 Å². The number of methoxy groups -OCH3 is 1. The molecule has 0 spiro atoms. The molecule has 3 rings (SSSR count). The second-order valence-corrected chi connectivity index (χ2v) is 7.08. The van der Waals surface area contributed by atoms with Gasteiger partial charge in [0.1, 0.15) is 11.4 Å². The number of nitrogens with one attached hydrogen (secondary N) is 2. The summed E-state index contributed by atoms with van der Waals surface area (Å²) in [6.45, 7) is 1.78. The summed E-state index contributed by atoms with van der Waals surface area (Å²) in [5.74, 6) is -0.453. The zero-order chi connectivity index (χ0) is 22.4. The van der Waals surface area contributed by atoms with E-state index in [1.165, 1.54) is 7.11 Å². The zero-order valence-electron chi connectivity index (χ0n) is 17.7. The van der Waals surface area contributed by atoms with Crippen molar-refractivity contribution in [2.45, 2.75) is 19.4 Å². The monoisotopic (exact) mass is 426 g/mol. The third-order valence-electron chi connectivity index (χ3n) is 4.76. The van der Waals surface area contributed by atoms with Gasteiger partial charge in [-0.25, -0.2) is 9.78 Å². The SMILES string of the molecule is COC(=O)c1c(NC(=O)COc2ccccc2)c2cc(N[C@H](C)CCO)cnc2n1C. The van der Waals surface area contributed by atoms with E-state index in [2.05, 4.69) is 15.6 Å². The Morgan fingerprint density at radius 2 is 2.00 bits per heavy atom. The number of pyridine rings is 1. The van der Waals surface area contributed by atoms with Gasteiger partial charge in [0.25, 0.3) is 5.91 Å². The van der Waals surface area contributed by atoms with Crippen molar-refractivity contribution in [3.05, 3.63) is 48.3 Å². The number of carbonyl (C=O) groups is 2. The molecule has 0 aliphatic heterocycles. The number of aliphatic hydroxyl groups is 1. The Bertz CT molecular complexity index is 1060. The molecule has 2 heterocycles. The van der Waals surface area contributed by atoms with Crippen molar-refractivity contribution < 1.29 is 24.2 Å². The Morgan fingerprint density at radius 3 is 2.68 bits per heavy atom. The number of ether oxygens (including phenoxy) is 2. The highest BCUT2D eigenvalue weighted by Gasteiger charge is 2.24. The van der Waals surface area contributed by atoms with Crippen molar-refractivity contribution in [1.29, 1.82) is 0 Å². The molecule has 1 atom stereocenters. The summed E-state index contributed by atoms with van der Waals surface area (Å²) in [4.78, 5) is 29.5. The molecule has 0 radical (unpaired) electrons. The lowest BCUT2D eigenvalue weighted by molar-refractivity contribution is -0.118. The molecule has 3 aromatic rings. The van der Waals surface area contributed by atoms with Gasteiger partial charge in [0, 0.05) is 25.1 Å². The van der Waals surface area contributed by atoms with Crippen molar-refractivity contribution in [1.82, 2.24) is 9.55 Å². The first-order valence-corrected chi connectivity index (χ1v) is 9.86. The zero-order valence-corrected chi connectivity index (χ0v) is 17.7. The lowest BCUT2D eigenvalue weighted by Crippen LogP contribution is -2.22. The molecule has 0 saturated carbocycles. The summed E-state index contributed by atoms with van der Waals surface area (Å²) >= 11 is 0. The fourth-order valence-electron chi connectivity index (χ4n) is 3.24. The quantitative estimate of drug-likeness (QED) is 0.451. The van der Waals surface area contributed by atoms with Crippen LogP contribution in [0.1, 0.15) is 23.8 Å². The maximum Gasteiger partial charge on any atom is 0.356 e. The first kappa shape index (κ1) is 22.1. The van der Waals surface area contributed by atoms with Crippen LogP contribution in [0.2, 0.25) is 0 Å². The molecule has 0 fully saturated rings. The van der Waals surface area contributed by atoms with Gasteiger partial charge in [0.15, 0.2) is 12.3 Å². The van der Waals surface area contributed by atoms with Crippen LogP contribution in [0.25, 0.3) is 11.0 Å². The van der Waals surface area contributed by atoms with Gasteiger partial charge < -0.3 is 29.8 Å². The summed E-state index contributed by atoms with van der Waals surface area (Å²) in [5.41, 5.74) is 1.70. The third kappa shape index (κ3) is 5.13. The van der Waals surface area contributed by atoms with Gasteiger partial charge in [-0.05, 0) is 31.5 Å². The van der Waals surface area contributed by atoms with Gasteiger partial charge in [-0.1, -0.05) is 18.2 Å². The van der Waals surface area contributed by atoms with Crippen molar-refractivity contribution in [2.24, 2.45) is 7.05 Å². The molecule has 0 unspecified atom stereocenters. The highest BCUT2D eigenvalue weighted by molar-refractivity contribution is 6.11. The van der Waals surface area contributed by atoms with E-state index in [1.54, 1.807) is 36.0 Å². The lowest BCUT2D eigenvalue weighted by Gasteiger charge is -2.14. The van der Waals surface area contributed by atoms with E-state index in [-0.39, 0.29) is 24.9 Å². The van der Waals surface area contributed by atoms with E-state index in [0.29, 0.717) is 34.6 Å². The predicted octanol–water partition coefficient (Wildman–Crippen LogP) is 2.56. The largest absolute Gasteiger partial charge is 0.484 e. The number of aryl methyl sites for hydroxylation is 1. The van der Waals surface area contributed by atoms with Gasteiger partial charge in [-0.2, -0.15) is 0 Å². The first-order chi connectivity index (χ1) is 14.9. The Hall–Kier alpha value is -3.59. The topological polar surface area (TPSA) is 115 Å². The van der Waals surface area contributed by atoms with E-state index in [4.69, 9.17) is 14.6 Å². The van der Waals surface area contributed by atoms with E-state index in [9.17, 15) is 9.59 Å². The number of para-hydroxylation sites is 1. The van der Waals surface area contributed by atoms with E-state index >= 15 is 0 Å². The Kier molecular flexibility index (Phi) is 7.09. The van der Waals surface area contributed by atoms with E-state index in [1.807, 2.05) is 25.1 Å². The fraction of sp³-hybridized carbons (Fsp3) is 0.318. The molecule has 9 heteroatoms. The number of anilines is 2. The minimum Gasteiger partial charge on any atom is -0.484 e. The molecule has 0 aliphatic rings. The Labute approximate surface area is 180 Å². The number of rotatable bonds is 9. The van der Waals surface area contributed by atoms with Crippen LogP contribution in [0, 0.1) is 0 Å². The summed E-state index contributed by atoms with van der Waals surface area (Å²) in [5, 5.41) is 15.7. The smallest absolute Gasteiger partial charge is 0.356 e. The van der Waals surface area contributed by atoms with Crippen LogP contribution in [0.4, 0.5) is 11.4 Å². The molecule has 0 saturated heterocycles. The van der Waals surface area contributed by atoms with Crippen LogP contribution in [0.3, 0.4) is 0 Å². The Balaban J connectivity index is 1.92. The summed E-state index contributed by atoms with van der Waals surface area (Å²) < 4.78 is 12.0. The van der Waals surface area contributed by atoms with Crippen molar-refractivity contribution in [3.63, 3.8) is 0 Å². The second kappa shape index (κ2) is 9.94. The number of hydrogen-bond acceptors (Lipinski definition) is 7. The van der Waals surface area contributed by atoms with Crippen LogP contribution >= 0.6 is 0 Å². The summed E-state index contributed by atoms with van der Waals surface area (Å²) in [6, 6.07) is 10.8. The Morgan fingerprint density at radius 1 is 1.26 bits per heavy atom. The minimum absolute atomic E-state index is 0.0188. The third-order valence-corrected chi connectivity index (χ3v) is 4.76. The maximum atomic E-state index is 12.6. The van der Waals surface area contributed by atoms with Gasteiger partial charge >= 0.3 is 5.97 Å². The summed E-state index contributed by atoms with van der Waals surface area (Å²) in [6.07, 6.45) is 2.21. The molecule has 31 heavy (non-hydrogen) atoms. The number of carbonyl (C=O) groups excluding carboxylic acids is 2. The molecule has 164 valence electrons.